The number of hydrogen-bond donors (Lipinski definition) is 3. The van der Waals surface area contributed by atoms with Crippen LogP contribution in [0.15, 0.2) is 60.7 Å². The van der Waals surface area contributed by atoms with Crippen LogP contribution in [0.4, 0.5) is 0 Å². The van der Waals surface area contributed by atoms with Crippen molar-refractivity contribution in [1.82, 2.24) is 0 Å². The minimum atomic E-state index is -0.893. The Labute approximate surface area is 132 Å². The summed E-state index contributed by atoms with van der Waals surface area (Å²) < 4.78 is 0. The van der Waals surface area contributed by atoms with Gasteiger partial charge in [0.1, 0.15) is 0 Å². The van der Waals surface area contributed by atoms with E-state index in [-0.39, 0.29) is 0 Å². The van der Waals surface area contributed by atoms with Crippen LogP contribution in [0.5, 0.6) is 0 Å². The van der Waals surface area contributed by atoms with Gasteiger partial charge < -0.3 is 15.9 Å². The fourth-order valence-electron chi connectivity index (χ4n) is 2.62. The van der Waals surface area contributed by atoms with E-state index in [9.17, 15) is 10.2 Å². The van der Waals surface area contributed by atoms with Crippen molar-refractivity contribution in [2.75, 3.05) is 0 Å². The third kappa shape index (κ3) is 5.26. The van der Waals surface area contributed by atoms with Gasteiger partial charge in [0.2, 0.25) is 0 Å². The predicted octanol–water partition coefficient (Wildman–Crippen LogP) is 2.30. The van der Waals surface area contributed by atoms with Crippen molar-refractivity contribution in [2.45, 2.75) is 43.9 Å². The molecule has 0 bridgehead atoms. The van der Waals surface area contributed by atoms with Crippen molar-refractivity contribution in [2.24, 2.45) is 5.73 Å². The maximum Gasteiger partial charge on any atom is 0.0952 e. The first-order chi connectivity index (χ1) is 10.7. The summed E-state index contributed by atoms with van der Waals surface area (Å²) in [5.41, 5.74) is 8.35. The molecule has 0 aromatic heterocycles. The van der Waals surface area contributed by atoms with Gasteiger partial charge in [-0.25, -0.2) is 0 Å². The number of rotatable bonds is 8. The standard InChI is InChI=1S/C19H25NO2/c20-17(14-16-10-5-2-6-11-16)19(22)18(21)13-7-12-15-8-3-1-4-9-15/h1-6,8-11,17-19,21-22H,7,12-14,20H2/t17-,18+,19+/m0/s1. The second kappa shape index (κ2) is 8.69. The molecule has 0 aliphatic heterocycles. The molecule has 0 fully saturated rings. The van der Waals surface area contributed by atoms with Crippen LogP contribution >= 0.6 is 0 Å². The zero-order valence-electron chi connectivity index (χ0n) is 12.8. The van der Waals surface area contributed by atoms with Crippen LogP contribution in [0.1, 0.15) is 24.0 Å². The first kappa shape index (κ1) is 16.7. The highest BCUT2D eigenvalue weighted by Gasteiger charge is 2.23. The van der Waals surface area contributed by atoms with Crippen LogP contribution in [0, 0.1) is 0 Å². The van der Waals surface area contributed by atoms with E-state index >= 15 is 0 Å². The third-order valence-corrected chi connectivity index (χ3v) is 3.96. The number of benzene rings is 2. The molecule has 118 valence electrons. The van der Waals surface area contributed by atoms with Gasteiger partial charge in [0.15, 0.2) is 0 Å². The molecule has 3 heteroatoms. The number of aryl methyl sites for hydroxylation is 1. The third-order valence-electron chi connectivity index (χ3n) is 3.96. The average Bonchev–Trinajstić information content (AvgIpc) is 2.56. The van der Waals surface area contributed by atoms with Gasteiger partial charge in [-0.15, -0.1) is 0 Å². The van der Waals surface area contributed by atoms with Crippen molar-refractivity contribution >= 4 is 0 Å². The summed E-state index contributed by atoms with van der Waals surface area (Å²) >= 11 is 0. The minimum Gasteiger partial charge on any atom is -0.390 e. The zero-order chi connectivity index (χ0) is 15.8. The molecule has 3 atom stereocenters. The molecule has 2 aromatic rings. The van der Waals surface area contributed by atoms with Gasteiger partial charge >= 0.3 is 0 Å². The summed E-state index contributed by atoms with van der Waals surface area (Å²) in [6, 6.07) is 19.5. The Morgan fingerprint density at radius 2 is 1.36 bits per heavy atom. The van der Waals surface area contributed by atoms with Gasteiger partial charge in [-0.2, -0.15) is 0 Å². The topological polar surface area (TPSA) is 66.5 Å². The van der Waals surface area contributed by atoms with Crippen molar-refractivity contribution in [3.8, 4) is 0 Å². The van der Waals surface area contributed by atoms with Crippen molar-refractivity contribution < 1.29 is 10.2 Å². The SMILES string of the molecule is N[C@@H](Cc1ccccc1)[C@@H](O)[C@H](O)CCCc1ccccc1. The normalized spacial score (nSPS) is 15.2. The van der Waals surface area contributed by atoms with Gasteiger partial charge in [-0.3, -0.25) is 0 Å². The van der Waals surface area contributed by atoms with E-state index in [4.69, 9.17) is 5.73 Å². The maximum absolute atomic E-state index is 10.2. The van der Waals surface area contributed by atoms with Crippen LogP contribution in [0.25, 0.3) is 0 Å². The molecule has 3 nitrogen and oxygen atoms in total. The van der Waals surface area contributed by atoms with Crippen molar-refractivity contribution in [3.05, 3.63) is 71.8 Å². The van der Waals surface area contributed by atoms with Crippen LogP contribution < -0.4 is 5.73 Å². The summed E-state index contributed by atoms with van der Waals surface area (Å²) in [5.74, 6) is 0. The molecular weight excluding hydrogens is 274 g/mol. The molecule has 0 saturated heterocycles. The molecule has 0 radical (unpaired) electrons. The highest BCUT2D eigenvalue weighted by Crippen LogP contribution is 2.12. The second-order valence-electron chi connectivity index (χ2n) is 5.79. The molecule has 4 N–H and O–H groups in total. The molecule has 0 spiro atoms. The number of aliphatic hydroxyl groups excluding tert-OH is 2. The van der Waals surface area contributed by atoms with E-state index in [1.54, 1.807) is 0 Å². The summed E-state index contributed by atoms with van der Waals surface area (Å²) in [5, 5.41) is 20.3. The highest BCUT2D eigenvalue weighted by atomic mass is 16.3. The molecule has 2 rings (SSSR count). The Balaban J connectivity index is 1.75. The average molecular weight is 299 g/mol. The number of hydrogen-bond acceptors (Lipinski definition) is 3. The molecule has 22 heavy (non-hydrogen) atoms. The largest absolute Gasteiger partial charge is 0.390 e. The van der Waals surface area contributed by atoms with E-state index in [1.807, 2.05) is 48.5 Å². The van der Waals surface area contributed by atoms with Crippen LogP contribution in [0.2, 0.25) is 0 Å². The lowest BCUT2D eigenvalue weighted by atomic mass is 9.95. The van der Waals surface area contributed by atoms with E-state index in [1.165, 1.54) is 5.56 Å². The molecule has 0 aliphatic rings. The Kier molecular flexibility index (Phi) is 6.59. The first-order valence-corrected chi connectivity index (χ1v) is 7.86. The summed E-state index contributed by atoms with van der Waals surface area (Å²) in [6.45, 7) is 0. The maximum atomic E-state index is 10.2. The van der Waals surface area contributed by atoms with E-state index < -0.39 is 18.2 Å². The second-order valence-corrected chi connectivity index (χ2v) is 5.79. The molecule has 2 aromatic carbocycles. The number of aliphatic hydroxyl groups is 2. The first-order valence-electron chi connectivity index (χ1n) is 7.86. The smallest absolute Gasteiger partial charge is 0.0952 e. The monoisotopic (exact) mass is 299 g/mol. The lowest BCUT2D eigenvalue weighted by Gasteiger charge is -2.24. The Morgan fingerprint density at radius 1 is 0.818 bits per heavy atom. The zero-order valence-corrected chi connectivity index (χ0v) is 12.8. The fourth-order valence-corrected chi connectivity index (χ4v) is 2.62. The van der Waals surface area contributed by atoms with Gasteiger partial charge in [0, 0.05) is 6.04 Å². The lowest BCUT2D eigenvalue weighted by Crippen LogP contribution is -2.44. The van der Waals surface area contributed by atoms with Gasteiger partial charge in [-0.05, 0) is 36.8 Å². The lowest BCUT2D eigenvalue weighted by molar-refractivity contribution is -0.00113. The van der Waals surface area contributed by atoms with E-state index in [0.717, 1.165) is 18.4 Å². The highest BCUT2D eigenvalue weighted by molar-refractivity contribution is 5.16. The van der Waals surface area contributed by atoms with Crippen molar-refractivity contribution in [3.63, 3.8) is 0 Å². The molecule has 0 aliphatic carbocycles. The van der Waals surface area contributed by atoms with Gasteiger partial charge in [-0.1, -0.05) is 60.7 Å². The Morgan fingerprint density at radius 3 is 1.95 bits per heavy atom. The molecule has 0 heterocycles. The summed E-state index contributed by atoms with van der Waals surface area (Å²) in [4.78, 5) is 0. The van der Waals surface area contributed by atoms with E-state index in [2.05, 4.69) is 12.1 Å². The van der Waals surface area contributed by atoms with Gasteiger partial charge in [0.05, 0.1) is 12.2 Å². The fraction of sp³-hybridized carbons (Fsp3) is 0.368. The Hall–Kier alpha value is -1.68. The van der Waals surface area contributed by atoms with Crippen molar-refractivity contribution in [1.29, 1.82) is 0 Å². The van der Waals surface area contributed by atoms with E-state index in [0.29, 0.717) is 12.8 Å². The summed E-state index contributed by atoms with van der Waals surface area (Å²) in [7, 11) is 0. The Bertz CT molecular complexity index is 530. The van der Waals surface area contributed by atoms with Crippen LogP contribution in [-0.2, 0) is 12.8 Å². The van der Waals surface area contributed by atoms with Gasteiger partial charge in [0.25, 0.3) is 0 Å². The predicted molar refractivity (Wildman–Crippen MR) is 89.5 cm³/mol. The van der Waals surface area contributed by atoms with Crippen LogP contribution in [0.3, 0.4) is 0 Å². The number of nitrogens with two attached hydrogens (primary N) is 1. The molecule has 0 unspecified atom stereocenters. The molecule has 0 amide bonds. The summed E-state index contributed by atoms with van der Waals surface area (Å²) in [6.07, 6.45) is 1.19. The van der Waals surface area contributed by atoms with Crippen LogP contribution in [-0.4, -0.2) is 28.5 Å². The molecular formula is C19H25NO2. The quantitative estimate of drug-likeness (QED) is 0.700. The minimum absolute atomic E-state index is 0.450. The molecule has 0 saturated carbocycles.